The summed E-state index contributed by atoms with van der Waals surface area (Å²) >= 11 is 0. The second-order valence-electron chi connectivity index (χ2n) is 4.51. The van der Waals surface area contributed by atoms with Crippen molar-refractivity contribution in [2.75, 3.05) is 7.11 Å². The van der Waals surface area contributed by atoms with E-state index >= 15 is 0 Å². The highest BCUT2D eigenvalue weighted by atomic mass is 19.1. The molecular formula is C16H16FNO2. The van der Waals surface area contributed by atoms with Crippen LogP contribution in [0, 0.1) is 12.7 Å². The van der Waals surface area contributed by atoms with E-state index in [1.54, 1.807) is 18.2 Å². The van der Waals surface area contributed by atoms with Gasteiger partial charge in [-0.1, -0.05) is 17.7 Å². The number of carbonyl (C=O) groups excluding carboxylic acids is 1. The molecule has 0 aliphatic rings. The molecule has 1 N–H and O–H groups in total. The van der Waals surface area contributed by atoms with Gasteiger partial charge in [-0.05, 0) is 37.3 Å². The van der Waals surface area contributed by atoms with E-state index in [4.69, 9.17) is 4.74 Å². The van der Waals surface area contributed by atoms with E-state index in [0.29, 0.717) is 16.9 Å². The van der Waals surface area contributed by atoms with Gasteiger partial charge in [0.1, 0.15) is 11.6 Å². The summed E-state index contributed by atoms with van der Waals surface area (Å²) in [5, 5.41) is 2.76. The molecule has 3 nitrogen and oxygen atoms in total. The van der Waals surface area contributed by atoms with Crippen LogP contribution < -0.4 is 10.1 Å². The Morgan fingerprint density at radius 3 is 2.75 bits per heavy atom. The Balaban J connectivity index is 2.09. The first kappa shape index (κ1) is 14.1. The van der Waals surface area contributed by atoms with Crippen molar-refractivity contribution in [3.05, 3.63) is 65.0 Å². The van der Waals surface area contributed by atoms with E-state index < -0.39 is 0 Å². The third kappa shape index (κ3) is 3.35. The fourth-order valence-corrected chi connectivity index (χ4v) is 1.95. The zero-order valence-electron chi connectivity index (χ0n) is 11.4. The molecule has 0 aromatic heterocycles. The van der Waals surface area contributed by atoms with Gasteiger partial charge in [0.2, 0.25) is 0 Å². The lowest BCUT2D eigenvalue weighted by atomic mass is 10.1. The van der Waals surface area contributed by atoms with Crippen LogP contribution >= 0.6 is 0 Å². The van der Waals surface area contributed by atoms with Crippen LogP contribution in [0.1, 0.15) is 21.5 Å². The quantitative estimate of drug-likeness (QED) is 0.929. The summed E-state index contributed by atoms with van der Waals surface area (Å²) in [4.78, 5) is 12.0. The Morgan fingerprint density at radius 1 is 1.25 bits per heavy atom. The highest BCUT2D eigenvalue weighted by Gasteiger charge is 2.08. The topological polar surface area (TPSA) is 38.3 Å². The maximum atomic E-state index is 13.2. The Kier molecular flexibility index (Phi) is 4.35. The molecule has 0 radical (unpaired) electrons. The molecule has 0 spiro atoms. The van der Waals surface area contributed by atoms with Gasteiger partial charge in [-0.3, -0.25) is 4.79 Å². The number of hydrogen-bond donors (Lipinski definition) is 1. The number of benzene rings is 2. The highest BCUT2D eigenvalue weighted by molar-refractivity contribution is 5.94. The standard InChI is InChI=1S/C16H16FNO2/c1-11-4-3-5-12(8-11)16(19)18-10-13-9-14(17)6-7-15(13)20-2/h3-9H,10H2,1-2H3,(H,18,19). The lowest BCUT2D eigenvalue weighted by molar-refractivity contribution is 0.0950. The van der Waals surface area contributed by atoms with Crippen molar-refractivity contribution in [3.63, 3.8) is 0 Å². The molecule has 2 aromatic carbocycles. The highest BCUT2D eigenvalue weighted by Crippen LogP contribution is 2.19. The zero-order chi connectivity index (χ0) is 14.5. The van der Waals surface area contributed by atoms with E-state index in [0.717, 1.165) is 5.56 Å². The normalized spacial score (nSPS) is 10.2. The molecule has 0 unspecified atom stereocenters. The van der Waals surface area contributed by atoms with Crippen molar-refractivity contribution in [3.8, 4) is 5.75 Å². The second-order valence-corrected chi connectivity index (χ2v) is 4.51. The first-order chi connectivity index (χ1) is 9.60. The number of amides is 1. The van der Waals surface area contributed by atoms with Gasteiger partial charge >= 0.3 is 0 Å². The Hall–Kier alpha value is -2.36. The lowest BCUT2D eigenvalue weighted by Gasteiger charge is -2.10. The van der Waals surface area contributed by atoms with Gasteiger partial charge in [0.25, 0.3) is 5.91 Å². The van der Waals surface area contributed by atoms with Gasteiger partial charge in [-0.2, -0.15) is 0 Å². The van der Waals surface area contributed by atoms with Crippen molar-refractivity contribution in [1.82, 2.24) is 5.32 Å². The third-order valence-corrected chi connectivity index (χ3v) is 2.96. The molecule has 0 saturated heterocycles. The number of methoxy groups -OCH3 is 1. The van der Waals surface area contributed by atoms with E-state index in [2.05, 4.69) is 5.32 Å². The molecule has 104 valence electrons. The number of halogens is 1. The van der Waals surface area contributed by atoms with Crippen LogP contribution in [0.3, 0.4) is 0 Å². The lowest BCUT2D eigenvalue weighted by Crippen LogP contribution is -2.23. The van der Waals surface area contributed by atoms with Crippen LogP contribution in [0.5, 0.6) is 5.75 Å². The van der Waals surface area contributed by atoms with E-state index in [1.165, 1.54) is 19.2 Å². The summed E-state index contributed by atoms with van der Waals surface area (Å²) in [7, 11) is 1.51. The Morgan fingerprint density at radius 2 is 2.05 bits per heavy atom. The summed E-state index contributed by atoms with van der Waals surface area (Å²) in [5.74, 6) is 0.00145. The van der Waals surface area contributed by atoms with Crippen molar-refractivity contribution < 1.29 is 13.9 Å². The number of hydrogen-bond acceptors (Lipinski definition) is 2. The molecule has 2 aromatic rings. The zero-order valence-corrected chi connectivity index (χ0v) is 11.4. The predicted molar refractivity (Wildman–Crippen MR) is 75.3 cm³/mol. The minimum atomic E-state index is -0.356. The molecule has 0 aliphatic carbocycles. The van der Waals surface area contributed by atoms with Crippen LogP contribution in [-0.4, -0.2) is 13.0 Å². The van der Waals surface area contributed by atoms with Crippen molar-refractivity contribution >= 4 is 5.91 Å². The van der Waals surface area contributed by atoms with Crippen LogP contribution in [0.4, 0.5) is 4.39 Å². The summed E-state index contributed by atoms with van der Waals surface area (Å²) in [6.07, 6.45) is 0. The van der Waals surface area contributed by atoms with Crippen molar-refractivity contribution in [1.29, 1.82) is 0 Å². The summed E-state index contributed by atoms with van der Waals surface area (Å²) in [5.41, 5.74) is 2.20. The van der Waals surface area contributed by atoms with E-state index in [1.807, 2.05) is 19.1 Å². The molecule has 1 amide bonds. The van der Waals surface area contributed by atoms with Crippen LogP contribution in [-0.2, 0) is 6.54 Å². The molecule has 4 heteroatoms. The second kappa shape index (κ2) is 6.19. The molecule has 0 saturated carbocycles. The van der Waals surface area contributed by atoms with Gasteiger partial charge in [0, 0.05) is 17.7 Å². The molecule has 0 aliphatic heterocycles. The Bertz CT molecular complexity index is 626. The van der Waals surface area contributed by atoms with Crippen molar-refractivity contribution in [2.24, 2.45) is 0 Å². The number of ether oxygens (including phenoxy) is 1. The number of nitrogens with one attached hydrogen (secondary N) is 1. The van der Waals surface area contributed by atoms with Gasteiger partial charge in [-0.15, -0.1) is 0 Å². The van der Waals surface area contributed by atoms with Crippen LogP contribution in [0.15, 0.2) is 42.5 Å². The van der Waals surface area contributed by atoms with Crippen LogP contribution in [0.2, 0.25) is 0 Å². The average molecular weight is 273 g/mol. The Labute approximate surface area is 117 Å². The number of rotatable bonds is 4. The largest absolute Gasteiger partial charge is 0.496 e. The maximum absolute atomic E-state index is 13.2. The molecule has 0 atom stereocenters. The van der Waals surface area contributed by atoms with Gasteiger partial charge in [0.05, 0.1) is 7.11 Å². The van der Waals surface area contributed by atoms with E-state index in [-0.39, 0.29) is 18.3 Å². The SMILES string of the molecule is COc1ccc(F)cc1CNC(=O)c1cccc(C)c1. The average Bonchev–Trinajstić information content (AvgIpc) is 2.45. The van der Waals surface area contributed by atoms with Gasteiger partial charge in [-0.25, -0.2) is 4.39 Å². The van der Waals surface area contributed by atoms with Gasteiger partial charge in [0.15, 0.2) is 0 Å². The van der Waals surface area contributed by atoms with E-state index in [9.17, 15) is 9.18 Å². The predicted octanol–water partition coefficient (Wildman–Crippen LogP) is 3.07. The first-order valence-electron chi connectivity index (χ1n) is 6.27. The first-order valence-corrected chi connectivity index (χ1v) is 6.27. The minimum Gasteiger partial charge on any atom is -0.496 e. The fourth-order valence-electron chi connectivity index (χ4n) is 1.95. The molecule has 0 heterocycles. The van der Waals surface area contributed by atoms with Crippen molar-refractivity contribution in [2.45, 2.75) is 13.5 Å². The summed E-state index contributed by atoms with van der Waals surface area (Å²) in [6, 6.07) is 11.5. The molecular weight excluding hydrogens is 257 g/mol. The maximum Gasteiger partial charge on any atom is 0.251 e. The summed E-state index contributed by atoms with van der Waals surface area (Å²) in [6.45, 7) is 2.14. The van der Waals surface area contributed by atoms with Crippen LogP contribution in [0.25, 0.3) is 0 Å². The monoisotopic (exact) mass is 273 g/mol. The smallest absolute Gasteiger partial charge is 0.251 e. The fraction of sp³-hybridized carbons (Fsp3) is 0.188. The molecule has 0 fully saturated rings. The number of carbonyl (C=O) groups is 1. The molecule has 20 heavy (non-hydrogen) atoms. The number of aryl methyl sites for hydroxylation is 1. The third-order valence-electron chi connectivity index (χ3n) is 2.96. The molecule has 0 bridgehead atoms. The van der Waals surface area contributed by atoms with Gasteiger partial charge < -0.3 is 10.1 Å². The summed E-state index contributed by atoms with van der Waals surface area (Å²) < 4.78 is 18.4. The molecule has 2 rings (SSSR count). The minimum absolute atomic E-state index is 0.194.